The van der Waals surface area contributed by atoms with Crippen LogP contribution in [0.2, 0.25) is 0 Å². The monoisotopic (exact) mass is 409 g/mol. The highest BCUT2D eigenvalue weighted by atomic mass is 32.2. The number of benzene rings is 2. The molecule has 2 aromatic heterocycles. The van der Waals surface area contributed by atoms with Gasteiger partial charge in [0.05, 0.1) is 25.3 Å². The predicted octanol–water partition coefficient (Wildman–Crippen LogP) is 4.06. The summed E-state index contributed by atoms with van der Waals surface area (Å²) in [5, 5.41) is 5.21. The van der Waals surface area contributed by atoms with Crippen molar-refractivity contribution in [1.82, 2.24) is 14.6 Å². The molecule has 0 N–H and O–H groups in total. The van der Waals surface area contributed by atoms with Crippen molar-refractivity contribution >= 4 is 17.3 Å². The molecule has 8 heteroatoms. The summed E-state index contributed by atoms with van der Waals surface area (Å²) < 4.78 is 25.3. The predicted molar refractivity (Wildman–Crippen MR) is 108 cm³/mol. The number of aromatic nitrogens is 3. The maximum Gasteiger partial charge on any atom is 0.281 e. The fourth-order valence-electron chi connectivity index (χ4n) is 2.93. The second kappa shape index (κ2) is 7.92. The molecule has 146 valence electrons. The third-order valence-corrected chi connectivity index (χ3v) is 5.23. The smallest absolute Gasteiger partial charge is 0.281 e. The van der Waals surface area contributed by atoms with Gasteiger partial charge in [-0.2, -0.15) is 10.1 Å². The van der Waals surface area contributed by atoms with E-state index in [9.17, 15) is 9.18 Å². The van der Waals surface area contributed by atoms with E-state index in [2.05, 4.69) is 10.1 Å². The van der Waals surface area contributed by atoms with Crippen LogP contribution in [0.3, 0.4) is 0 Å². The van der Waals surface area contributed by atoms with E-state index in [1.54, 1.807) is 42.0 Å². The second-order valence-electron chi connectivity index (χ2n) is 6.05. The van der Waals surface area contributed by atoms with Gasteiger partial charge in [-0.25, -0.2) is 8.91 Å². The van der Waals surface area contributed by atoms with Crippen LogP contribution in [0.4, 0.5) is 4.39 Å². The van der Waals surface area contributed by atoms with Gasteiger partial charge in [0.15, 0.2) is 11.5 Å². The zero-order valence-electron chi connectivity index (χ0n) is 15.6. The summed E-state index contributed by atoms with van der Waals surface area (Å²) in [5.41, 5.74) is 1.32. The summed E-state index contributed by atoms with van der Waals surface area (Å²) in [6.45, 7) is 0. The standard InChI is InChI=1S/C21H16FN3O3S/c1-27-17-9-3-13(11-18(17)28-2)20-16-8-10-19(24-25(16)12-23-21(20)26)29-15-6-4-14(22)5-7-15/h3-12H,1-2H3. The van der Waals surface area contributed by atoms with E-state index in [1.807, 2.05) is 12.1 Å². The highest BCUT2D eigenvalue weighted by Gasteiger charge is 2.14. The van der Waals surface area contributed by atoms with Crippen molar-refractivity contribution in [1.29, 1.82) is 0 Å². The Morgan fingerprint density at radius 3 is 2.45 bits per heavy atom. The van der Waals surface area contributed by atoms with E-state index < -0.39 is 0 Å². The highest BCUT2D eigenvalue weighted by molar-refractivity contribution is 7.99. The number of methoxy groups -OCH3 is 2. The maximum atomic E-state index is 13.1. The molecule has 0 unspecified atom stereocenters. The molecule has 0 saturated heterocycles. The molecule has 0 amide bonds. The zero-order chi connectivity index (χ0) is 20.4. The van der Waals surface area contributed by atoms with Crippen LogP contribution in [-0.4, -0.2) is 28.8 Å². The first-order chi connectivity index (χ1) is 14.1. The Hall–Kier alpha value is -3.39. The van der Waals surface area contributed by atoms with Gasteiger partial charge in [0.1, 0.15) is 17.2 Å². The van der Waals surface area contributed by atoms with E-state index in [0.29, 0.717) is 33.2 Å². The minimum absolute atomic E-state index is 0.290. The largest absolute Gasteiger partial charge is 0.493 e. The van der Waals surface area contributed by atoms with E-state index in [4.69, 9.17) is 9.47 Å². The van der Waals surface area contributed by atoms with Gasteiger partial charge in [0.2, 0.25) is 0 Å². The summed E-state index contributed by atoms with van der Waals surface area (Å²) in [7, 11) is 3.09. The number of rotatable bonds is 5. The summed E-state index contributed by atoms with van der Waals surface area (Å²) >= 11 is 1.39. The quantitative estimate of drug-likeness (QED) is 0.495. The molecule has 0 aliphatic heterocycles. The van der Waals surface area contributed by atoms with Crippen molar-refractivity contribution in [3.63, 3.8) is 0 Å². The molecular formula is C21H16FN3O3S. The number of halogens is 1. The maximum absolute atomic E-state index is 13.1. The van der Waals surface area contributed by atoms with Crippen molar-refractivity contribution in [2.75, 3.05) is 14.2 Å². The summed E-state index contributed by atoms with van der Waals surface area (Å²) in [4.78, 5) is 17.3. The van der Waals surface area contributed by atoms with Gasteiger partial charge in [0, 0.05) is 4.90 Å². The Morgan fingerprint density at radius 1 is 0.966 bits per heavy atom. The van der Waals surface area contributed by atoms with Crippen molar-refractivity contribution in [3.8, 4) is 22.6 Å². The summed E-state index contributed by atoms with van der Waals surface area (Å²) in [6.07, 6.45) is 1.39. The Labute approximate surface area is 169 Å². The fraction of sp³-hybridized carbons (Fsp3) is 0.0952. The molecule has 0 radical (unpaired) electrons. The molecule has 0 aliphatic carbocycles. The Kier molecular flexibility index (Phi) is 5.18. The molecule has 0 fully saturated rings. The first-order valence-corrected chi connectivity index (χ1v) is 9.45. The topological polar surface area (TPSA) is 65.7 Å². The van der Waals surface area contributed by atoms with Crippen LogP contribution in [0.25, 0.3) is 16.6 Å². The average molecular weight is 409 g/mol. The van der Waals surface area contributed by atoms with Gasteiger partial charge >= 0.3 is 0 Å². The van der Waals surface area contributed by atoms with Crippen molar-refractivity contribution in [2.45, 2.75) is 9.92 Å². The molecule has 6 nitrogen and oxygen atoms in total. The van der Waals surface area contributed by atoms with Gasteiger partial charge in [-0.05, 0) is 54.1 Å². The third-order valence-electron chi connectivity index (χ3n) is 4.30. The zero-order valence-corrected chi connectivity index (χ0v) is 16.4. The number of hydrogen-bond acceptors (Lipinski definition) is 6. The van der Waals surface area contributed by atoms with E-state index in [-0.39, 0.29) is 11.4 Å². The van der Waals surface area contributed by atoms with Crippen LogP contribution in [0, 0.1) is 5.82 Å². The molecule has 0 bridgehead atoms. The van der Waals surface area contributed by atoms with Gasteiger partial charge in [-0.1, -0.05) is 17.8 Å². The van der Waals surface area contributed by atoms with Crippen LogP contribution in [0.1, 0.15) is 0 Å². The first kappa shape index (κ1) is 18.9. The van der Waals surface area contributed by atoms with Crippen molar-refractivity contribution in [2.24, 2.45) is 0 Å². The van der Waals surface area contributed by atoms with Gasteiger partial charge in [-0.3, -0.25) is 4.79 Å². The molecule has 4 aromatic rings. The van der Waals surface area contributed by atoms with Crippen molar-refractivity contribution in [3.05, 3.63) is 77.1 Å². The molecule has 2 heterocycles. The number of nitrogens with zero attached hydrogens (tertiary/aromatic N) is 3. The summed E-state index contributed by atoms with van der Waals surface area (Å²) in [5.74, 6) is 0.797. The molecule has 0 atom stereocenters. The lowest BCUT2D eigenvalue weighted by Crippen LogP contribution is -2.13. The minimum Gasteiger partial charge on any atom is -0.493 e. The summed E-state index contributed by atoms with van der Waals surface area (Å²) in [6, 6.07) is 15.0. The lowest BCUT2D eigenvalue weighted by atomic mass is 10.1. The SMILES string of the molecule is COc1ccc(-c2c(=O)ncn3nc(Sc4ccc(F)cc4)ccc23)cc1OC. The normalized spacial score (nSPS) is 10.9. The number of fused-ring (bicyclic) bond motifs is 1. The third kappa shape index (κ3) is 3.79. The van der Waals surface area contributed by atoms with Crippen LogP contribution in [-0.2, 0) is 0 Å². The minimum atomic E-state index is -0.363. The molecule has 0 aliphatic rings. The Balaban J connectivity index is 1.78. The van der Waals surface area contributed by atoms with E-state index in [0.717, 1.165) is 4.90 Å². The Morgan fingerprint density at radius 2 is 1.72 bits per heavy atom. The molecule has 4 rings (SSSR count). The Bertz CT molecular complexity index is 1240. The van der Waals surface area contributed by atoms with Gasteiger partial charge < -0.3 is 9.47 Å². The molecule has 2 aromatic carbocycles. The van der Waals surface area contributed by atoms with Crippen LogP contribution in [0.5, 0.6) is 11.5 Å². The molecule has 0 saturated carbocycles. The lowest BCUT2D eigenvalue weighted by molar-refractivity contribution is 0.355. The van der Waals surface area contributed by atoms with Crippen LogP contribution >= 0.6 is 11.8 Å². The van der Waals surface area contributed by atoms with E-state index in [1.165, 1.54) is 37.3 Å². The van der Waals surface area contributed by atoms with Crippen LogP contribution < -0.4 is 15.0 Å². The second-order valence-corrected chi connectivity index (χ2v) is 7.15. The van der Waals surface area contributed by atoms with Crippen molar-refractivity contribution < 1.29 is 13.9 Å². The first-order valence-electron chi connectivity index (χ1n) is 8.63. The molecule has 0 spiro atoms. The van der Waals surface area contributed by atoms with Gasteiger partial charge in [0.25, 0.3) is 5.56 Å². The van der Waals surface area contributed by atoms with Gasteiger partial charge in [-0.15, -0.1) is 0 Å². The number of hydrogen-bond donors (Lipinski definition) is 0. The van der Waals surface area contributed by atoms with E-state index >= 15 is 0 Å². The average Bonchev–Trinajstić information content (AvgIpc) is 2.75. The fourth-order valence-corrected chi connectivity index (χ4v) is 3.71. The molecule has 29 heavy (non-hydrogen) atoms. The van der Waals surface area contributed by atoms with Crippen LogP contribution in [0.15, 0.2) is 75.6 Å². The highest BCUT2D eigenvalue weighted by Crippen LogP contribution is 2.33. The number of ether oxygens (including phenoxy) is 2. The lowest BCUT2D eigenvalue weighted by Gasteiger charge is -2.11. The molecular weight excluding hydrogens is 393 g/mol.